The van der Waals surface area contributed by atoms with Crippen molar-refractivity contribution >= 4 is 38.3 Å². The quantitative estimate of drug-likeness (QED) is 0.274. The Kier molecular flexibility index (Phi) is 8.07. The van der Waals surface area contributed by atoms with E-state index in [1.165, 1.54) is 11.9 Å². The number of hydrogen-bond acceptors (Lipinski definition) is 8. The normalized spacial score (nSPS) is 18.8. The number of nitriles is 1. The molecule has 0 spiro atoms. The third-order valence-corrected chi connectivity index (χ3v) is 8.96. The second-order valence-electron chi connectivity index (χ2n) is 11.0. The van der Waals surface area contributed by atoms with E-state index in [0.717, 1.165) is 73.4 Å². The fourth-order valence-corrected chi connectivity index (χ4v) is 6.82. The molecule has 1 atom stereocenters. The molecule has 3 aromatic heterocycles. The van der Waals surface area contributed by atoms with E-state index in [0.29, 0.717) is 34.9 Å². The fraction of sp³-hybridized carbons (Fsp3) is 0.433. The van der Waals surface area contributed by atoms with Crippen molar-refractivity contribution in [2.45, 2.75) is 57.1 Å². The first kappa shape index (κ1) is 28.5. The van der Waals surface area contributed by atoms with E-state index in [9.17, 15) is 18.4 Å². The highest BCUT2D eigenvalue weighted by atomic mass is 32.1. The van der Waals surface area contributed by atoms with Crippen LogP contribution in [0.3, 0.4) is 0 Å². The summed E-state index contributed by atoms with van der Waals surface area (Å²) in [4.78, 5) is 11.7. The number of piperidine rings is 1. The van der Waals surface area contributed by atoms with Crippen LogP contribution in [0.25, 0.3) is 21.1 Å². The first-order chi connectivity index (χ1) is 20.2. The van der Waals surface area contributed by atoms with Crippen molar-refractivity contribution in [3.8, 4) is 6.07 Å². The molecule has 5 heterocycles. The Morgan fingerprint density at radius 2 is 2.02 bits per heavy atom. The molecule has 0 saturated carbocycles. The van der Waals surface area contributed by atoms with E-state index < -0.39 is 12.6 Å². The maximum Gasteiger partial charge on any atom is 0.393 e. The standard InChI is InChI=1S/C30H32F3N7OS/c1-19-17-41-24(15-35-19)6-9-40-23(14-34)11-21-10-20(2-3-27(21)40)16-39-7-4-22(5-8-39)38-28-26-12-25(13-30(31,32)33)42-29(26)37-18-36-28/h2-3,10-12,18,22,24,35H,1,4-9,13,15-17H2,(H,36,37,38)/t24-/m0/s1. The van der Waals surface area contributed by atoms with Crippen LogP contribution in [0.15, 0.2) is 48.9 Å². The highest BCUT2D eigenvalue weighted by molar-refractivity contribution is 7.18. The molecular formula is C30H32F3N7OS. The number of fused-ring (bicyclic) bond motifs is 2. The van der Waals surface area contributed by atoms with Gasteiger partial charge >= 0.3 is 6.18 Å². The Morgan fingerprint density at radius 1 is 1.19 bits per heavy atom. The van der Waals surface area contributed by atoms with E-state index >= 15 is 0 Å². The number of aromatic nitrogens is 3. The lowest BCUT2D eigenvalue weighted by atomic mass is 10.0. The van der Waals surface area contributed by atoms with Crippen LogP contribution in [0, 0.1) is 11.3 Å². The number of rotatable bonds is 8. The molecule has 2 fully saturated rings. The number of hydrogen-bond donors (Lipinski definition) is 2. The van der Waals surface area contributed by atoms with Crippen molar-refractivity contribution in [3.05, 3.63) is 65.1 Å². The average Bonchev–Trinajstić information content (AvgIpc) is 3.53. The molecule has 2 aliphatic rings. The van der Waals surface area contributed by atoms with Crippen molar-refractivity contribution in [2.24, 2.45) is 0 Å². The topological polar surface area (TPSA) is 91.0 Å². The van der Waals surface area contributed by atoms with Gasteiger partial charge in [0.15, 0.2) is 0 Å². The lowest BCUT2D eigenvalue weighted by Crippen LogP contribution is -2.38. The van der Waals surface area contributed by atoms with Gasteiger partial charge in [-0.25, -0.2) is 9.97 Å². The molecule has 6 rings (SSSR count). The molecule has 0 bridgehead atoms. The predicted octanol–water partition coefficient (Wildman–Crippen LogP) is 5.59. The summed E-state index contributed by atoms with van der Waals surface area (Å²) in [5, 5.41) is 18.2. The van der Waals surface area contributed by atoms with Crippen molar-refractivity contribution in [2.75, 3.05) is 31.6 Å². The van der Waals surface area contributed by atoms with Gasteiger partial charge in [0.05, 0.1) is 24.5 Å². The molecule has 2 N–H and O–H groups in total. The van der Waals surface area contributed by atoms with Gasteiger partial charge < -0.3 is 19.9 Å². The monoisotopic (exact) mass is 595 g/mol. The lowest BCUT2D eigenvalue weighted by molar-refractivity contribution is -0.126. The number of morpholine rings is 1. The van der Waals surface area contributed by atoms with Crippen LogP contribution < -0.4 is 10.6 Å². The molecular weight excluding hydrogens is 563 g/mol. The van der Waals surface area contributed by atoms with Crippen molar-refractivity contribution < 1.29 is 17.9 Å². The molecule has 2 saturated heterocycles. The average molecular weight is 596 g/mol. The van der Waals surface area contributed by atoms with Crippen LogP contribution in [0.5, 0.6) is 0 Å². The molecule has 220 valence electrons. The van der Waals surface area contributed by atoms with Crippen molar-refractivity contribution in [1.29, 1.82) is 5.26 Å². The second kappa shape index (κ2) is 11.9. The molecule has 12 heteroatoms. The third-order valence-electron chi connectivity index (χ3n) is 7.92. The minimum absolute atomic E-state index is 0.0913. The summed E-state index contributed by atoms with van der Waals surface area (Å²) in [5.74, 6) is 0.600. The molecule has 0 unspecified atom stereocenters. The van der Waals surface area contributed by atoms with Crippen LogP contribution in [0.4, 0.5) is 19.0 Å². The van der Waals surface area contributed by atoms with Gasteiger partial charge in [-0.1, -0.05) is 12.6 Å². The number of ether oxygens (including phenoxy) is 1. The Labute approximate surface area is 245 Å². The highest BCUT2D eigenvalue weighted by Crippen LogP contribution is 2.33. The molecule has 0 amide bonds. The van der Waals surface area contributed by atoms with Crippen LogP contribution >= 0.6 is 11.3 Å². The Balaban J connectivity index is 1.05. The first-order valence-electron chi connectivity index (χ1n) is 14.1. The van der Waals surface area contributed by atoms with Gasteiger partial charge in [0.1, 0.15) is 28.7 Å². The second-order valence-corrected chi connectivity index (χ2v) is 12.1. The molecule has 4 aromatic rings. The van der Waals surface area contributed by atoms with Gasteiger partial charge in [0.25, 0.3) is 0 Å². The predicted molar refractivity (Wildman–Crippen MR) is 157 cm³/mol. The zero-order valence-electron chi connectivity index (χ0n) is 23.1. The Hall–Kier alpha value is -3.66. The smallest absolute Gasteiger partial charge is 0.384 e. The van der Waals surface area contributed by atoms with Crippen LogP contribution in [0.1, 0.15) is 35.4 Å². The Morgan fingerprint density at radius 3 is 2.76 bits per heavy atom. The maximum absolute atomic E-state index is 12.9. The molecule has 0 radical (unpaired) electrons. The molecule has 1 aromatic carbocycles. The minimum atomic E-state index is -4.25. The van der Waals surface area contributed by atoms with E-state index in [2.05, 4.69) is 60.9 Å². The van der Waals surface area contributed by atoms with Gasteiger partial charge in [0, 0.05) is 60.2 Å². The number of nitrogens with one attached hydrogen (secondary N) is 2. The van der Waals surface area contributed by atoms with Crippen LogP contribution in [-0.2, 0) is 24.2 Å². The van der Waals surface area contributed by atoms with Gasteiger partial charge in [-0.3, -0.25) is 4.90 Å². The highest BCUT2D eigenvalue weighted by Gasteiger charge is 2.29. The summed E-state index contributed by atoms with van der Waals surface area (Å²) in [5.41, 5.74) is 3.80. The Bertz CT molecular complexity index is 1620. The van der Waals surface area contributed by atoms with Crippen molar-refractivity contribution in [3.63, 3.8) is 0 Å². The molecule has 8 nitrogen and oxygen atoms in total. The number of halogens is 3. The summed E-state index contributed by atoms with van der Waals surface area (Å²) < 4.78 is 46.6. The largest absolute Gasteiger partial charge is 0.393 e. The molecule has 2 aliphatic heterocycles. The number of benzene rings is 1. The number of nitrogens with zero attached hydrogens (tertiary/aromatic N) is 5. The van der Waals surface area contributed by atoms with Crippen LogP contribution in [-0.4, -0.2) is 64.0 Å². The number of aryl methyl sites for hydroxylation is 1. The number of thiophene rings is 1. The molecule has 42 heavy (non-hydrogen) atoms. The summed E-state index contributed by atoms with van der Waals surface area (Å²) in [7, 11) is 0. The first-order valence-corrected chi connectivity index (χ1v) is 14.9. The van der Waals surface area contributed by atoms with E-state index in [-0.39, 0.29) is 17.0 Å². The van der Waals surface area contributed by atoms with Crippen molar-refractivity contribution in [1.82, 2.24) is 24.8 Å². The van der Waals surface area contributed by atoms with E-state index in [1.54, 1.807) is 6.07 Å². The zero-order chi connectivity index (χ0) is 29.3. The fourth-order valence-electron chi connectivity index (χ4n) is 5.79. The lowest BCUT2D eigenvalue weighted by Gasteiger charge is -2.32. The maximum atomic E-state index is 12.9. The van der Waals surface area contributed by atoms with Gasteiger partial charge in [-0.15, -0.1) is 11.3 Å². The SMILES string of the molecule is C=C1CO[C@@H](CCn2c(C#N)cc3cc(CN4CCC(Nc5ncnc6sc(CC(F)(F)F)cc56)CC4)ccc32)CN1. The van der Waals surface area contributed by atoms with Gasteiger partial charge in [0.2, 0.25) is 0 Å². The number of anilines is 1. The number of likely N-dealkylation sites (tertiary alicyclic amines) is 1. The summed E-state index contributed by atoms with van der Waals surface area (Å²) in [6.07, 6.45) is -1.10. The van der Waals surface area contributed by atoms with Gasteiger partial charge in [-0.05, 0) is 49.1 Å². The minimum Gasteiger partial charge on any atom is -0.384 e. The summed E-state index contributed by atoms with van der Waals surface area (Å²) in [6.45, 7) is 8.44. The summed E-state index contributed by atoms with van der Waals surface area (Å²) in [6, 6.07) is 12.5. The zero-order valence-corrected chi connectivity index (χ0v) is 23.9. The van der Waals surface area contributed by atoms with Crippen LogP contribution in [0.2, 0.25) is 0 Å². The van der Waals surface area contributed by atoms with E-state index in [4.69, 9.17) is 4.74 Å². The number of alkyl halides is 3. The van der Waals surface area contributed by atoms with E-state index in [1.807, 2.05) is 6.07 Å². The third kappa shape index (κ3) is 6.53. The summed E-state index contributed by atoms with van der Waals surface area (Å²) >= 11 is 1.07. The van der Waals surface area contributed by atoms with Gasteiger partial charge in [-0.2, -0.15) is 18.4 Å². The molecule has 0 aliphatic carbocycles.